The van der Waals surface area contributed by atoms with Crippen molar-refractivity contribution in [1.29, 1.82) is 0 Å². The summed E-state index contributed by atoms with van der Waals surface area (Å²) in [5.41, 5.74) is 8.97. The third-order valence-electron chi connectivity index (χ3n) is 9.33. The topological polar surface area (TPSA) is 89.6 Å². The van der Waals surface area contributed by atoms with Crippen molar-refractivity contribution in [1.82, 2.24) is 14.3 Å². The van der Waals surface area contributed by atoms with Gasteiger partial charge in [0.15, 0.2) is 0 Å². The van der Waals surface area contributed by atoms with Gasteiger partial charge in [-0.15, -0.1) is 0 Å². The molecule has 244 valence electrons. The number of anilines is 1. The lowest BCUT2D eigenvalue weighted by molar-refractivity contribution is 0.0696. The lowest BCUT2D eigenvalue weighted by atomic mass is 9.98. The van der Waals surface area contributed by atoms with Gasteiger partial charge < -0.3 is 19.3 Å². The van der Waals surface area contributed by atoms with Crippen LogP contribution in [0.1, 0.15) is 68.7 Å². The average Bonchev–Trinajstić information content (AvgIpc) is 3.49. The van der Waals surface area contributed by atoms with E-state index in [9.17, 15) is 14.7 Å². The Morgan fingerprint density at radius 2 is 1.70 bits per heavy atom. The summed E-state index contributed by atoms with van der Waals surface area (Å²) in [4.78, 5) is 28.1. The summed E-state index contributed by atoms with van der Waals surface area (Å²) in [7, 11) is 1.92. The first-order valence-corrected chi connectivity index (χ1v) is 16.6. The second-order valence-corrected chi connectivity index (χ2v) is 13.1. The molecule has 0 radical (unpaired) electrons. The SMILES string of the molecule is CC[C@@H]1Cn2c(c(CCCOc3cc(C)c(Cl)c(C)c3)c3ccc(Cl)c(-c4c(C)nn(C)c4C)c32)C(=O)N1c1ccc(C(=O)O)cc1. The molecule has 0 bridgehead atoms. The van der Waals surface area contributed by atoms with Crippen LogP contribution < -0.4 is 9.64 Å². The number of rotatable bonds is 9. The molecule has 1 atom stereocenters. The van der Waals surface area contributed by atoms with Gasteiger partial charge in [-0.25, -0.2) is 4.79 Å². The molecule has 47 heavy (non-hydrogen) atoms. The maximum absolute atomic E-state index is 14.7. The van der Waals surface area contributed by atoms with Gasteiger partial charge in [-0.3, -0.25) is 9.48 Å². The number of carbonyl (C=O) groups is 2. The van der Waals surface area contributed by atoms with E-state index in [1.54, 1.807) is 24.3 Å². The normalized spacial score (nSPS) is 14.6. The number of benzene rings is 3. The van der Waals surface area contributed by atoms with Crippen LogP contribution in [-0.4, -0.2) is 44.0 Å². The van der Waals surface area contributed by atoms with Gasteiger partial charge in [0.2, 0.25) is 0 Å². The zero-order chi connectivity index (χ0) is 33.7. The summed E-state index contributed by atoms with van der Waals surface area (Å²) in [6, 6.07) is 14.2. The summed E-state index contributed by atoms with van der Waals surface area (Å²) in [6.45, 7) is 11.0. The first kappa shape index (κ1) is 32.7. The smallest absolute Gasteiger partial charge is 0.335 e. The summed E-state index contributed by atoms with van der Waals surface area (Å²) in [5, 5.41) is 16.5. The molecule has 8 nitrogen and oxygen atoms in total. The lowest BCUT2D eigenvalue weighted by Gasteiger charge is -2.37. The average molecular weight is 674 g/mol. The van der Waals surface area contributed by atoms with E-state index in [2.05, 4.69) is 16.6 Å². The van der Waals surface area contributed by atoms with Crippen molar-refractivity contribution < 1.29 is 19.4 Å². The largest absolute Gasteiger partial charge is 0.494 e. The van der Waals surface area contributed by atoms with Crippen LogP contribution in [-0.2, 0) is 20.0 Å². The van der Waals surface area contributed by atoms with Gasteiger partial charge in [0, 0.05) is 46.5 Å². The third-order valence-corrected chi connectivity index (χ3v) is 10.2. The fraction of sp³-hybridized carbons (Fsp3) is 0.324. The summed E-state index contributed by atoms with van der Waals surface area (Å²) in [6.07, 6.45) is 1.98. The summed E-state index contributed by atoms with van der Waals surface area (Å²) >= 11 is 13.4. The summed E-state index contributed by atoms with van der Waals surface area (Å²) in [5.74, 6) is -0.362. The number of aryl methyl sites for hydroxylation is 5. The van der Waals surface area contributed by atoms with Gasteiger partial charge in [-0.2, -0.15) is 5.10 Å². The molecule has 5 aromatic rings. The molecule has 2 aromatic heterocycles. The highest BCUT2D eigenvalue weighted by Gasteiger charge is 2.38. The summed E-state index contributed by atoms with van der Waals surface area (Å²) < 4.78 is 10.2. The van der Waals surface area contributed by atoms with Crippen molar-refractivity contribution in [2.75, 3.05) is 11.5 Å². The molecule has 3 heterocycles. The van der Waals surface area contributed by atoms with Crippen LogP contribution in [0.3, 0.4) is 0 Å². The second-order valence-electron chi connectivity index (χ2n) is 12.3. The number of halogens is 2. The Morgan fingerprint density at radius 3 is 2.30 bits per heavy atom. The molecule has 0 fully saturated rings. The molecule has 0 spiro atoms. The zero-order valence-corrected chi connectivity index (χ0v) is 29.0. The van der Waals surface area contributed by atoms with E-state index in [4.69, 9.17) is 27.9 Å². The fourth-order valence-electron chi connectivity index (χ4n) is 6.95. The van der Waals surface area contributed by atoms with E-state index >= 15 is 0 Å². The maximum atomic E-state index is 14.7. The number of hydrogen-bond donors (Lipinski definition) is 1. The van der Waals surface area contributed by atoms with Crippen molar-refractivity contribution in [3.05, 3.63) is 97.9 Å². The maximum Gasteiger partial charge on any atom is 0.335 e. The Balaban J connectivity index is 1.48. The fourth-order valence-corrected chi connectivity index (χ4v) is 7.31. The van der Waals surface area contributed by atoms with Crippen molar-refractivity contribution >= 4 is 51.7 Å². The first-order chi connectivity index (χ1) is 22.4. The number of hydrogen-bond acceptors (Lipinski definition) is 4. The highest BCUT2D eigenvalue weighted by Crippen LogP contribution is 2.44. The van der Waals surface area contributed by atoms with Crippen molar-refractivity contribution in [2.24, 2.45) is 7.05 Å². The van der Waals surface area contributed by atoms with Crippen LogP contribution in [0.2, 0.25) is 10.0 Å². The van der Waals surface area contributed by atoms with Gasteiger partial charge in [0.1, 0.15) is 11.4 Å². The molecule has 3 aromatic carbocycles. The Hall–Kier alpha value is -4.27. The Morgan fingerprint density at radius 1 is 1.02 bits per heavy atom. The minimum atomic E-state index is -1.01. The predicted molar refractivity (Wildman–Crippen MR) is 188 cm³/mol. The van der Waals surface area contributed by atoms with E-state index < -0.39 is 5.97 Å². The number of fused-ring (bicyclic) bond motifs is 3. The quantitative estimate of drug-likeness (QED) is 0.158. The molecule has 0 aliphatic carbocycles. The van der Waals surface area contributed by atoms with E-state index in [-0.39, 0.29) is 17.5 Å². The lowest BCUT2D eigenvalue weighted by Crippen LogP contribution is -2.48. The molecule has 0 unspecified atom stereocenters. The van der Waals surface area contributed by atoms with E-state index in [1.807, 2.05) is 68.6 Å². The number of aromatic carboxylic acids is 1. The van der Waals surface area contributed by atoms with Gasteiger partial charge in [0.05, 0.1) is 34.4 Å². The van der Waals surface area contributed by atoms with Crippen LogP contribution in [0.4, 0.5) is 5.69 Å². The second kappa shape index (κ2) is 12.7. The molecule has 0 saturated heterocycles. The van der Waals surface area contributed by atoms with E-state index in [1.165, 1.54) is 0 Å². The predicted octanol–water partition coefficient (Wildman–Crippen LogP) is 8.73. The highest BCUT2D eigenvalue weighted by molar-refractivity contribution is 6.35. The van der Waals surface area contributed by atoms with Crippen LogP contribution in [0, 0.1) is 27.7 Å². The molecular formula is C37H38Cl2N4O4. The molecule has 6 rings (SSSR count). The first-order valence-electron chi connectivity index (χ1n) is 15.8. The standard InChI is InChI=1S/C37H38Cl2N4O4/c1-7-25-19-42-34-29(14-15-30(38)32(34)31-22(4)40-41(6)23(31)5)28(9-8-16-47-27-17-20(2)33(39)21(3)18-27)35(42)36(44)43(25)26-12-10-24(11-13-26)37(45)46/h10-15,17-18,25H,7-9,16,19H2,1-6H3,(H,45,46)/t25-/m1/s1. The minimum Gasteiger partial charge on any atom is -0.494 e. The van der Waals surface area contributed by atoms with Gasteiger partial charge in [-0.05, 0) is 106 Å². The van der Waals surface area contributed by atoms with Crippen LogP contribution in [0.25, 0.3) is 22.0 Å². The number of amides is 1. The molecule has 1 N–H and O–H groups in total. The van der Waals surface area contributed by atoms with Crippen molar-refractivity contribution in [3.8, 4) is 16.9 Å². The Kier molecular flexibility index (Phi) is 8.85. The number of aromatic nitrogens is 3. The monoisotopic (exact) mass is 672 g/mol. The van der Waals surface area contributed by atoms with Crippen LogP contribution in [0.15, 0.2) is 48.5 Å². The number of nitrogens with zero attached hydrogens (tertiary/aromatic N) is 4. The number of carboxylic acid groups (broad SMARTS) is 1. The van der Waals surface area contributed by atoms with Crippen LogP contribution in [0.5, 0.6) is 5.75 Å². The Bertz CT molecular complexity index is 2020. The third kappa shape index (κ3) is 5.68. The van der Waals surface area contributed by atoms with Crippen molar-refractivity contribution in [3.63, 3.8) is 0 Å². The molecule has 1 aliphatic heterocycles. The highest BCUT2D eigenvalue weighted by atomic mass is 35.5. The number of carbonyl (C=O) groups excluding carboxylic acids is 1. The number of carboxylic acids is 1. The van der Waals surface area contributed by atoms with Gasteiger partial charge >= 0.3 is 5.97 Å². The van der Waals surface area contributed by atoms with Crippen LogP contribution >= 0.6 is 23.2 Å². The van der Waals surface area contributed by atoms with E-state index in [0.29, 0.717) is 48.8 Å². The Labute approximate surface area is 284 Å². The minimum absolute atomic E-state index is 0.121. The molecule has 0 saturated carbocycles. The molecule has 1 aliphatic rings. The van der Waals surface area contributed by atoms with Gasteiger partial charge in [-0.1, -0.05) is 36.2 Å². The molecule has 1 amide bonds. The number of ether oxygens (including phenoxy) is 1. The molecular weight excluding hydrogens is 635 g/mol. The van der Waals surface area contributed by atoms with Gasteiger partial charge in [0.25, 0.3) is 5.91 Å². The molecule has 10 heteroatoms. The van der Waals surface area contributed by atoms with E-state index in [0.717, 1.165) is 60.9 Å². The zero-order valence-electron chi connectivity index (χ0n) is 27.4. The van der Waals surface area contributed by atoms with Crippen molar-refractivity contribution in [2.45, 2.75) is 66.5 Å².